The molecule has 2 aromatic carbocycles. The van der Waals surface area contributed by atoms with Crippen molar-refractivity contribution in [2.75, 3.05) is 0 Å². The molecule has 2 heterocycles. The van der Waals surface area contributed by atoms with E-state index in [9.17, 15) is 0 Å². The molecule has 0 amide bonds. The number of rotatable bonds is 7. The van der Waals surface area contributed by atoms with Gasteiger partial charge in [0.15, 0.2) is 11.0 Å². The predicted molar refractivity (Wildman–Crippen MR) is 119 cm³/mol. The summed E-state index contributed by atoms with van der Waals surface area (Å²) >= 11 is 15.0. The van der Waals surface area contributed by atoms with E-state index in [0.717, 1.165) is 33.0 Å². The zero-order chi connectivity index (χ0) is 20.2. The molecule has 0 fully saturated rings. The van der Waals surface area contributed by atoms with E-state index in [1.807, 2.05) is 53.4 Å². The normalized spacial score (nSPS) is 11.0. The van der Waals surface area contributed by atoms with Crippen molar-refractivity contribution in [2.45, 2.75) is 17.5 Å². The smallest absolute Gasteiger partial charge is 0.191 e. The Bertz CT molecular complexity index is 1090. The predicted octanol–water partition coefficient (Wildman–Crippen LogP) is 6.12. The zero-order valence-electron chi connectivity index (χ0n) is 15.4. The Morgan fingerprint density at radius 2 is 1.69 bits per heavy atom. The van der Waals surface area contributed by atoms with E-state index >= 15 is 0 Å². The summed E-state index contributed by atoms with van der Waals surface area (Å²) in [5, 5.41) is 13.8. The first-order chi connectivity index (χ1) is 14.1. The van der Waals surface area contributed by atoms with Crippen LogP contribution in [0.5, 0.6) is 5.75 Å². The highest BCUT2D eigenvalue weighted by molar-refractivity contribution is 7.98. The monoisotopic (exact) mass is 462 g/mol. The summed E-state index contributed by atoms with van der Waals surface area (Å²) in [5.74, 6) is 2.29. The molecule has 0 radical (unpaired) electrons. The maximum atomic E-state index is 5.96. The highest BCUT2D eigenvalue weighted by Crippen LogP contribution is 2.27. The Morgan fingerprint density at radius 3 is 2.41 bits per heavy atom. The third kappa shape index (κ3) is 5.11. The lowest BCUT2D eigenvalue weighted by molar-refractivity contribution is 0.305. The van der Waals surface area contributed by atoms with Gasteiger partial charge >= 0.3 is 0 Å². The first-order valence-electron chi connectivity index (χ1n) is 8.68. The van der Waals surface area contributed by atoms with Gasteiger partial charge in [0.2, 0.25) is 0 Å². The SMILES string of the molecule is Cn1c(SCc2csc(COc3ccc(Cl)cc3)n2)nnc1-c1ccc(Cl)cc1. The van der Waals surface area contributed by atoms with E-state index in [2.05, 4.69) is 15.2 Å². The Labute approximate surface area is 186 Å². The molecule has 0 saturated carbocycles. The summed E-state index contributed by atoms with van der Waals surface area (Å²) in [7, 11) is 1.96. The highest BCUT2D eigenvalue weighted by Gasteiger charge is 2.12. The number of thiazole rings is 1. The number of benzene rings is 2. The minimum atomic E-state index is 0.432. The van der Waals surface area contributed by atoms with E-state index in [1.165, 1.54) is 0 Å². The number of nitrogens with zero attached hydrogens (tertiary/aromatic N) is 4. The molecular formula is C20H16Cl2N4OS2. The second-order valence-corrected chi connectivity index (χ2v) is 8.89. The van der Waals surface area contributed by atoms with Crippen LogP contribution in [0, 0.1) is 0 Å². The van der Waals surface area contributed by atoms with Gasteiger partial charge in [0, 0.05) is 33.8 Å². The van der Waals surface area contributed by atoms with Crippen molar-refractivity contribution in [3.63, 3.8) is 0 Å². The minimum Gasteiger partial charge on any atom is -0.486 e. The molecule has 148 valence electrons. The van der Waals surface area contributed by atoms with E-state index in [1.54, 1.807) is 35.2 Å². The topological polar surface area (TPSA) is 52.8 Å². The molecule has 29 heavy (non-hydrogen) atoms. The van der Waals surface area contributed by atoms with Gasteiger partial charge in [-0.05, 0) is 48.5 Å². The Hall–Kier alpha value is -2.06. The van der Waals surface area contributed by atoms with Crippen molar-refractivity contribution in [1.29, 1.82) is 0 Å². The molecule has 0 aliphatic heterocycles. The first-order valence-corrected chi connectivity index (χ1v) is 11.3. The third-order valence-corrected chi connectivity index (χ3v) is 6.49. The lowest BCUT2D eigenvalue weighted by Crippen LogP contribution is -1.96. The van der Waals surface area contributed by atoms with Crippen LogP contribution >= 0.6 is 46.3 Å². The van der Waals surface area contributed by atoms with Gasteiger partial charge in [0.1, 0.15) is 17.4 Å². The van der Waals surface area contributed by atoms with Crippen LogP contribution in [0.1, 0.15) is 10.7 Å². The fourth-order valence-electron chi connectivity index (χ4n) is 2.59. The van der Waals surface area contributed by atoms with Gasteiger partial charge in [0.05, 0.1) is 5.69 Å². The Morgan fingerprint density at radius 1 is 1.00 bits per heavy atom. The van der Waals surface area contributed by atoms with Crippen LogP contribution in [0.2, 0.25) is 10.0 Å². The zero-order valence-corrected chi connectivity index (χ0v) is 18.5. The van der Waals surface area contributed by atoms with Gasteiger partial charge in [-0.3, -0.25) is 0 Å². The summed E-state index contributed by atoms with van der Waals surface area (Å²) in [5.41, 5.74) is 1.97. The van der Waals surface area contributed by atoms with E-state index < -0.39 is 0 Å². The average Bonchev–Trinajstić information content (AvgIpc) is 3.33. The minimum absolute atomic E-state index is 0.432. The van der Waals surface area contributed by atoms with Crippen molar-refractivity contribution < 1.29 is 4.74 Å². The summed E-state index contributed by atoms with van der Waals surface area (Å²) < 4.78 is 7.73. The lowest BCUT2D eigenvalue weighted by atomic mass is 10.2. The molecule has 0 saturated heterocycles. The molecular weight excluding hydrogens is 447 g/mol. The molecule has 2 aromatic heterocycles. The van der Waals surface area contributed by atoms with Crippen molar-refractivity contribution in [3.05, 3.63) is 74.7 Å². The maximum Gasteiger partial charge on any atom is 0.191 e. The summed E-state index contributed by atoms with van der Waals surface area (Å²) in [4.78, 5) is 4.64. The van der Waals surface area contributed by atoms with Crippen molar-refractivity contribution >= 4 is 46.3 Å². The molecule has 0 spiro atoms. The van der Waals surface area contributed by atoms with Crippen LogP contribution in [0.4, 0.5) is 0 Å². The number of aromatic nitrogens is 4. The largest absolute Gasteiger partial charge is 0.486 e. The summed E-state index contributed by atoms with van der Waals surface area (Å²) in [6, 6.07) is 14.9. The molecule has 0 aliphatic rings. The molecule has 0 aliphatic carbocycles. The molecule has 4 aromatic rings. The first kappa shape index (κ1) is 20.2. The van der Waals surface area contributed by atoms with Gasteiger partial charge < -0.3 is 9.30 Å². The number of thioether (sulfide) groups is 1. The highest BCUT2D eigenvalue weighted by atomic mass is 35.5. The maximum absolute atomic E-state index is 5.96. The number of hydrogen-bond donors (Lipinski definition) is 0. The lowest BCUT2D eigenvalue weighted by Gasteiger charge is -2.04. The number of halogens is 2. The van der Waals surface area contributed by atoms with E-state index in [-0.39, 0.29) is 0 Å². The summed E-state index contributed by atoms with van der Waals surface area (Å²) in [6.07, 6.45) is 0. The van der Waals surface area contributed by atoms with Gasteiger partial charge in [-0.2, -0.15) is 0 Å². The van der Waals surface area contributed by atoms with Gasteiger partial charge in [-0.25, -0.2) is 4.98 Å². The standard InChI is InChI=1S/C20H16Cl2N4OS2/c1-26-19(13-2-4-14(21)5-3-13)24-25-20(26)29-12-16-11-28-18(23-16)10-27-17-8-6-15(22)7-9-17/h2-9,11H,10,12H2,1H3. The average molecular weight is 463 g/mol. The molecule has 4 rings (SSSR count). The van der Waals surface area contributed by atoms with Crippen LogP contribution in [-0.4, -0.2) is 19.7 Å². The molecule has 5 nitrogen and oxygen atoms in total. The van der Waals surface area contributed by atoms with Crippen molar-refractivity contribution in [2.24, 2.45) is 7.05 Å². The van der Waals surface area contributed by atoms with Crippen molar-refractivity contribution in [1.82, 2.24) is 19.7 Å². The van der Waals surface area contributed by atoms with Crippen LogP contribution in [0.15, 0.2) is 59.1 Å². The second kappa shape index (κ2) is 9.17. The fourth-order valence-corrected chi connectivity index (χ4v) is 4.45. The third-order valence-electron chi connectivity index (χ3n) is 4.06. The Kier molecular flexibility index (Phi) is 6.40. The van der Waals surface area contributed by atoms with E-state index in [0.29, 0.717) is 22.4 Å². The molecule has 0 unspecified atom stereocenters. The number of hydrogen-bond acceptors (Lipinski definition) is 6. The van der Waals surface area contributed by atoms with Crippen LogP contribution in [0.3, 0.4) is 0 Å². The Balaban J connectivity index is 1.35. The van der Waals surface area contributed by atoms with Crippen molar-refractivity contribution in [3.8, 4) is 17.1 Å². The summed E-state index contributed by atoms with van der Waals surface area (Å²) in [6.45, 7) is 0.432. The van der Waals surface area contributed by atoms with Crippen LogP contribution in [0.25, 0.3) is 11.4 Å². The molecule has 9 heteroatoms. The van der Waals surface area contributed by atoms with Gasteiger partial charge in [0.25, 0.3) is 0 Å². The fraction of sp³-hybridized carbons (Fsp3) is 0.150. The van der Waals surface area contributed by atoms with Gasteiger partial charge in [-0.15, -0.1) is 21.5 Å². The van der Waals surface area contributed by atoms with Crippen LogP contribution < -0.4 is 4.74 Å². The second-order valence-electron chi connectivity index (χ2n) is 6.14. The van der Waals surface area contributed by atoms with E-state index in [4.69, 9.17) is 27.9 Å². The van der Waals surface area contributed by atoms with Crippen LogP contribution in [-0.2, 0) is 19.4 Å². The molecule has 0 bridgehead atoms. The molecule has 0 N–H and O–H groups in total. The molecule has 0 atom stereocenters. The number of ether oxygens (including phenoxy) is 1. The van der Waals surface area contributed by atoms with Gasteiger partial charge in [-0.1, -0.05) is 35.0 Å². The quantitative estimate of drug-likeness (QED) is 0.309.